The molecule has 0 unspecified atom stereocenters. The van der Waals surface area contributed by atoms with Crippen LogP contribution in [0, 0.1) is 10.1 Å². The molecule has 3 rings (SSSR count). The number of nitro groups is 1. The van der Waals surface area contributed by atoms with Crippen LogP contribution in [-0.2, 0) is 0 Å². The number of amides is 1. The second kappa shape index (κ2) is 6.93. The van der Waals surface area contributed by atoms with Crippen molar-refractivity contribution in [2.24, 2.45) is 5.10 Å². The lowest BCUT2D eigenvalue weighted by molar-refractivity contribution is -0.385. The zero-order chi connectivity index (χ0) is 18.7. The summed E-state index contributed by atoms with van der Waals surface area (Å²) in [6, 6.07) is 10.5. The van der Waals surface area contributed by atoms with Crippen molar-refractivity contribution in [2.75, 3.05) is 7.11 Å². The van der Waals surface area contributed by atoms with Gasteiger partial charge in [-0.3, -0.25) is 14.9 Å². The normalized spacial score (nSPS) is 11.0. The number of carbonyl (C=O) groups excluding carboxylic acids is 1. The third-order valence-electron chi connectivity index (χ3n) is 3.53. The molecule has 0 fully saturated rings. The van der Waals surface area contributed by atoms with Gasteiger partial charge in [0.25, 0.3) is 0 Å². The minimum absolute atomic E-state index is 0.0401. The smallest absolute Gasteiger partial charge is 0.311 e. The Morgan fingerprint density at radius 1 is 1.35 bits per heavy atom. The van der Waals surface area contributed by atoms with Gasteiger partial charge in [-0.25, -0.2) is 5.43 Å². The van der Waals surface area contributed by atoms with Gasteiger partial charge in [-0.1, -0.05) is 12.1 Å². The molecule has 1 amide bonds. The average molecular weight is 355 g/mol. The predicted molar refractivity (Wildman–Crippen MR) is 92.6 cm³/mol. The lowest BCUT2D eigenvalue weighted by Gasteiger charge is -1.99. The van der Waals surface area contributed by atoms with Gasteiger partial charge >= 0.3 is 11.6 Å². The van der Waals surface area contributed by atoms with Gasteiger partial charge in [-0.05, 0) is 24.3 Å². The number of rotatable bonds is 5. The largest absolute Gasteiger partial charge is 0.502 e. The third kappa shape index (κ3) is 3.31. The fourth-order valence-electron chi connectivity index (χ4n) is 2.30. The third-order valence-corrected chi connectivity index (χ3v) is 3.53. The minimum Gasteiger partial charge on any atom is -0.502 e. The molecule has 0 saturated carbocycles. The molecule has 1 aromatic heterocycles. The maximum Gasteiger partial charge on any atom is 0.311 e. The highest BCUT2D eigenvalue weighted by atomic mass is 16.6. The van der Waals surface area contributed by atoms with Crippen LogP contribution in [0.15, 0.2) is 52.0 Å². The van der Waals surface area contributed by atoms with Crippen molar-refractivity contribution >= 4 is 28.8 Å². The summed E-state index contributed by atoms with van der Waals surface area (Å²) < 4.78 is 10.7. The quantitative estimate of drug-likeness (QED) is 0.411. The van der Waals surface area contributed by atoms with Crippen LogP contribution in [0.2, 0.25) is 0 Å². The maximum atomic E-state index is 12.1. The molecule has 0 aliphatic heterocycles. The highest BCUT2D eigenvalue weighted by Gasteiger charge is 2.15. The summed E-state index contributed by atoms with van der Waals surface area (Å²) in [7, 11) is 1.50. The van der Waals surface area contributed by atoms with E-state index in [1.165, 1.54) is 25.5 Å². The van der Waals surface area contributed by atoms with Crippen LogP contribution >= 0.6 is 0 Å². The van der Waals surface area contributed by atoms with Crippen LogP contribution in [0.4, 0.5) is 5.69 Å². The van der Waals surface area contributed by atoms with Gasteiger partial charge in [0.15, 0.2) is 22.8 Å². The number of hydrazone groups is 1. The number of hydrogen-bond donors (Lipinski definition) is 2. The summed E-state index contributed by atoms with van der Waals surface area (Å²) in [5.74, 6) is -0.500. The number of fused-ring (bicyclic) bond motifs is 1. The number of nitrogens with zero attached hydrogens (tertiary/aromatic N) is 2. The zero-order valence-corrected chi connectivity index (χ0v) is 13.5. The molecule has 9 nitrogen and oxygen atoms in total. The van der Waals surface area contributed by atoms with E-state index in [0.717, 1.165) is 6.07 Å². The van der Waals surface area contributed by atoms with Crippen molar-refractivity contribution in [3.8, 4) is 11.5 Å². The highest BCUT2D eigenvalue weighted by molar-refractivity contribution is 5.97. The number of furan rings is 1. The Balaban J connectivity index is 1.76. The number of methoxy groups -OCH3 is 1. The van der Waals surface area contributed by atoms with Crippen LogP contribution in [-0.4, -0.2) is 29.3 Å². The Morgan fingerprint density at radius 2 is 2.15 bits per heavy atom. The maximum absolute atomic E-state index is 12.1. The molecule has 0 spiro atoms. The number of carbonyl (C=O) groups is 1. The highest BCUT2D eigenvalue weighted by Crippen LogP contribution is 2.28. The van der Waals surface area contributed by atoms with Crippen LogP contribution in [0.5, 0.6) is 11.5 Å². The molecule has 0 bridgehead atoms. The Kier molecular flexibility index (Phi) is 4.52. The Bertz CT molecular complexity index is 1020. The van der Waals surface area contributed by atoms with Gasteiger partial charge in [0.05, 0.1) is 18.2 Å². The lowest BCUT2D eigenvalue weighted by Crippen LogP contribution is -2.16. The number of phenols is 1. The van der Waals surface area contributed by atoms with Crippen LogP contribution < -0.4 is 10.2 Å². The van der Waals surface area contributed by atoms with Gasteiger partial charge in [-0.2, -0.15) is 5.10 Å². The first-order chi connectivity index (χ1) is 12.5. The second-order valence-corrected chi connectivity index (χ2v) is 5.19. The summed E-state index contributed by atoms with van der Waals surface area (Å²) >= 11 is 0. The molecule has 3 aromatic rings. The van der Waals surface area contributed by atoms with E-state index in [1.807, 2.05) is 0 Å². The molecular formula is C17H13N3O6. The molecule has 26 heavy (non-hydrogen) atoms. The summed E-state index contributed by atoms with van der Waals surface area (Å²) in [6.45, 7) is 0. The lowest BCUT2D eigenvalue weighted by atomic mass is 10.2. The summed E-state index contributed by atoms with van der Waals surface area (Å²) in [5.41, 5.74) is 2.60. The molecule has 0 radical (unpaired) electrons. The van der Waals surface area contributed by atoms with E-state index in [2.05, 4.69) is 10.5 Å². The fourth-order valence-corrected chi connectivity index (χ4v) is 2.30. The molecule has 0 saturated heterocycles. The van der Waals surface area contributed by atoms with E-state index >= 15 is 0 Å². The van der Waals surface area contributed by atoms with Crippen molar-refractivity contribution in [1.29, 1.82) is 0 Å². The number of hydrogen-bond acceptors (Lipinski definition) is 7. The van der Waals surface area contributed by atoms with Crippen molar-refractivity contribution in [3.63, 3.8) is 0 Å². The SMILES string of the molecule is COc1cccc2cc(C(=O)N/N=C\c3ccc(O)c([N+](=O)[O-])c3)oc12. The van der Waals surface area contributed by atoms with Crippen molar-refractivity contribution in [2.45, 2.75) is 0 Å². The average Bonchev–Trinajstić information content (AvgIpc) is 3.07. The van der Waals surface area contributed by atoms with E-state index in [4.69, 9.17) is 9.15 Å². The molecule has 132 valence electrons. The van der Waals surface area contributed by atoms with Crippen molar-refractivity contribution < 1.29 is 24.0 Å². The Hall–Kier alpha value is -3.88. The van der Waals surface area contributed by atoms with E-state index in [0.29, 0.717) is 22.3 Å². The molecule has 2 N–H and O–H groups in total. The molecule has 0 atom stereocenters. The molecule has 2 aromatic carbocycles. The number of nitrogens with one attached hydrogen (secondary N) is 1. The summed E-state index contributed by atoms with van der Waals surface area (Å²) in [4.78, 5) is 22.2. The van der Waals surface area contributed by atoms with E-state index in [9.17, 15) is 20.0 Å². The minimum atomic E-state index is -0.715. The number of nitro benzene ring substituents is 1. The van der Waals surface area contributed by atoms with E-state index in [-0.39, 0.29) is 5.76 Å². The number of aromatic hydroxyl groups is 1. The molecule has 1 heterocycles. The Morgan fingerprint density at radius 3 is 2.88 bits per heavy atom. The zero-order valence-electron chi connectivity index (χ0n) is 13.5. The monoisotopic (exact) mass is 355 g/mol. The van der Waals surface area contributed by atoms with E-state index in [1.54, 1.807) is 24.3 Å². The number of para-hydroxylation sites is 1. The predicted octanol–water partition coefficient (Wildman–Crippen LogP) is 2.82. The number of phenolic OH excluding ortho intramolecular Hbond substituents is 1. The van der Waals surface area contributed by atoms with Gasteiger partial charge in [0.1, 0.15) is 0 Å². The van der Waals surface area contributed by atoms with Crippen LogP contribution in [0.1, 0.15) is 16.1 Å². The fraction of sp³-hybridized carbons (Fsp3) is 0.0588. The molecule has 0 aliphatic rings. The van der Waals surface area contributed by atoms with Crippen LogP contribution in [0.3, 0.4) is 0 Å². The standard InChI is InChI=1S/C17H13N3O6/c1-25-14-4-2-3-11-8-15(26-16(11)14)17(22)19-18-9-10-5-6-13(21)12(7-10)20(23)24/h2-9,21H,1H3,(H,19,22)/b18-9-. The first-order valence-electron chi connectivity index (χ1n) is 7.37. The van der Waals surface area contributed by atoms with Crippen molar-refractivity contribution in [1.82, 2.24) is 5.43 Å². The Labute approximate surface area is 146 Å². The molecular weight excluding hydrogens is 342 g/mol. The van der Waals surface area contributed by atoms with Crippen molar-refractivity contribution in [3.05, 3.63) is 63.9 Å². The number of benzene rings is 2. The summed E-state index contributed by atoms with van der Waals surface area (Å²) in [5, 5.41) is 24.6. The van der Waals surface area contributed by atoms with Gasteiger partial charge in [-0.15, -0.1) is 0 Å². The summed E-state index contributed by atoms with van der Waals surface area (Å²) in [6.07, 6.45) is 1.22. The molecule has 0 aliphatic carbocycles. The van der Waals surface area contributed by atoms with Gasteiger partial charge in [0.2, 0.25) is 0 Å². The van der Waals surface area contributed by atoms with Gasteiger partial charge < -0.3 is 14.3 Å². The second-order valence-electron chi connectivity index (χ2n) is 5.19. The van der Waals surface area contributed by atoms with Crippen LogP contribution in [0.25, 0.3) is 11.0 Å². The van der Waals surface area contributed by atoms with Gasteiger partial charge in [0, 0.05) is 17.0 Å². The number of ether oxygens (including phenoxy) is 1. The topological polar surface area (TPSA) is 127 Å². The first-order valence-corrected chi connectivity index (χ1v) is 7.37. The first kappa shape index (κ1) is 17.0. The van der Waals surface area contributed by atoms with E-state index < -0.39 is 22.3 Å². The molecule has 9 heteroatoms.